The molecule has 0 rings (SSSR count). The van der Waals surface area contributed by atoms with E-state index in [-0.39, 0.29) is 12.1 Å². The van der Waals surface area contributed by atoms with Crippen LogP contribution in [0.1, 0.15) is 13.8 Å². The van der Waals surface area contributed by atoms with E-state index in [0.717, 1.165) is 4.43 Å². The largest absolute Gasteiger partial charge is 0.387 e. The fourth-order valence-electron chi connectivity index (χ4n) is 0.522. The molecule has 70 valence electrons. The van der Waals surface area contributed by atoms with Gasteiger partial charge in [-0.3, -0.25) is 0 Å². The van der Waals surface area contributed by atoms with E-state index in [1.165, 1.54) is 0 Å². The van der Waals surface area contributed by atoms with Crippen molar-refractivity contribution in [1.82, 2.24) is 4.90 Å². The van der Waals surface area contributed by atoms with Gasteiger partial charge in [0, 0.05) is 17.5 Å². The van der Waals surface area contributed by atoms with E-state index in [0.29, 0.717) is 5.84 Å². The number of urea groups is 1. The predicted octanol–water partition coefficient (Wildman–Crippen LogP) is 1.24. The van der Waals surface area contributed by atoms with Crippen LogP contribution in [0.15, 0.2) is 4.99 Å². The lowest BCUT2D eigenvalue weighted by Crippen LogP contribution is -2.34. The van der Waals surface area contributed by atoms with Crippen molar-refractivity contribution in [2.24, 2.45) is 10.7 Å². The molecule has 0 unspecified atom stereocenters. The first kappa shape index (κ1) is 11.7. The van der Waals surface area contributed by atoms with Gasteiger partial charge in [0.2, 0.25) is 0 Å². The van der Waals surface area contributed by atoms with Crippen LogP contribution in [0.5, 0.6) is 0 Å². The molecule has 0 aliphatic carbocycles. The summed E-state index contributed by atoms with van der Waals surface area (Å²) in [5, 5.41) is 0. The first-order valence-corrected chi connectivity index (χ1v) is 5.15. The molecule has 0 aromatic carbocycles. The lowest BCUT2D eigenvalue weighted by atomic mass is 10.4. The van der Waals surface area contributed by atoms with E-state index in [4.69, 9.17) is 5.73 Å². The standard InChI is InChI=1S/C7H14IN3O/c1-5(4-8)11(3)7(12)10-6(2)9/h5H,4H2,1-3H3,(H2,9,10,12)/t5-/m1/s1. The Balaban J connectivity index is 4.20. The van der Waals surface area contributed by atoms with Gasteiger partial charge in [-0.15, -0.1) is 0 Å². The highest BCUT2D eigenvalue weighted by atomic mass is 127. The maximum absolute atomic E-state index is 11.2. The fraction of sp³-hybridized carbons (Fsp3) is 0.714. The number of hydrogen-bond acceptors (Lipinski definition) is 1. The minimum absolute atomic E-state index is 0.196. The first-order valence-electron chi connectivity index (χ1n) is 3.62. The Hall–Kier alpha value is -0.330. The molecule has 4 nitrogen and oxygen atoms in total. The third kappa shape index (κ3) is 3.89. The summed E-state index contributed by atoms with van der Waals surface area (Å²) in [6.45, 7) is 3.56. The summed E-state index contributed by atoms with van der Waals surface area (Å²) in [6, 6.07) is -0.0830. The minimum Gasteiger partial charge on any atom is -0.387 e. The van der Waals surface area contributed by atoms with E-state index in [1.54, 1.807) is 18.9 Å². The van der Waals surface area contributed by atoms with Crippen molar-refractivity contribution < 1.29 is 4.79 Å². The van der Waals surface area contributed by atoms with Crippen molar-refractivity contribution >= 4 is 34.5 Å². The van der Waals surface area contributed by atoms with Crippen LogP contribution in [0.4, 0.5) is 4.79 Å². The summed E-state index contributed by atoms with van der Waals surface area (Å²) in [7, 11) is 1.72. The summed E-state index contributed by atoms with van der Waals surface area (Å²) in [5.41, 5.74) is 5.27. The molecule has 0 bridgehead atoms. The van der Waals surface area contributed by atoms with E-state index in [1.807, 2.05) is 6.92 Å². The topological polar surface area (TPSA) is 58.7 Å². The quantitative estimate of drug-likeness (QED) is 0.359. The lowest BCUT2D eigenvalue weighted by molar-refractivity contribution is 0.209. The molecule has 1 atom stereocenters. The van der Waals surface area contributed by atoms with Crippen LogP contribution >= 0.6 is 22.6 Å². The first-order chi connectivity index (χ1) is 5.49. The number of alkyl halides is 1. The highest BCUT2D eigenvalue weighted by molar-refractivity contribution is 14.1. The summed E-state index contributed by atoms with van der Waals surface area (Å²) in [4.78, 5) is 16.4. The molecule has 0 aromatic heterocycles. The minimum atomic E-state index is -0.279. The normalized spacial score (nSPS) is 14.2. The van der Waals surface area contributed by atoms with Crippen LogP contribution in [0.3, 0.4) is 0 Å². The fourth-order valence-corrected chi connectivity index (χ4v) is 1.11. The van der Waals surface area contributed by atoms with Crippen LogP contribution in [-0.4, -0.2) is 34.3 Å². The van der Waals surface area contributed by atoms with Gasteiger partial charge in [0.05, 0.1) is 0 Å². The lowest BCUT2D eigenvalue weighted by Gasteiger charge is -2.20. The molecular formula is C7H14IN3O. The van der Waals surface area contributed by atoms with Crippen molar-refractivity contribution in [2.45, 2.75) is 19.9 Å². The molecule has 2 N–H and O–H groups in total. The summed E-state index contributed by atoms with van der Waals surface area (Å²) in [6.07, 6.45) is 0. The Morgan fingerprint density at radius 1 is 1.75 bits per heavy atom. The van der Waals surface area contributed by atoms with Crippen molar-refractivity contribution in [3.8, 4) is 0 Å². The van der Waals surface area contributed by atoms with Crippen LogP contribution in [-0.2, 0) is 0 Å². The molecule has 0 aliphatic rings. The molecule has 0 saturated heterocycles. The average molecular weight is 283 g/mol. The van der Waals surface area contributed by atoms with Gasteiger partial charge in [0.15, 0.2) is 0 Å². The maximum atomic E-state index is 11.2. The van der Waals surface area contributed by atoms with Crippen molar-refractivity contribution in [3.05, 3.63) is 0 Å². The Kier molecular flexibility index (Phi) is 5.19. The molecule has 0 fully saturated rings. The molecule has 0 spiro atoms. The highest BCUT2D eigenvalue weighted by Gasteiger charge is 2.12. The molecule has 0 aromatic rings. The molecule has 2 amide bonds. The molecule has 12 heavy (non-hydrogen) atoms. The Morgan fingerprint density at radius 2 is 2.25 bits per heavy atom. The van der Waals surface area contributed by atoms with Gasteiger partial charge >= 0.3 is 6.03 Å². The summed E-state index contributed by atoms with van der Waals surface area (Å²) < 4.78 is 0.888. The molecule has 0 aliphatic heterocycles. The monoisotopic (exact) mass is 283 g/mol. The molecule has 0 saturated carbocycles. The third-order valence-electron chi connectivity index (χ3n) is 1.46. The Morgan fingerprint density at radius 3 is 2.58 bits per heavy atom. The van der Waals surface area contributed by atoms with Crippen molar-refractivity contribution in [2.75, 3.05) is 11.5 Å². The number of hydrogen-bond donors (Lipinski definition) is 1. The van der Waals surface area contributed by atoms with E-state index in [2.05, 4.69) is 27.6 Å². The predicted molar refractivity (Wildman–Crippen MR) is 58.8 cm³/mol. The number of amides is 2. The van der Waals surface area contributed by atoms with E-state index in [9.17, 15) is 4.79 Å². The second-order valence-corrected chi connectivity index (χ2v) is 3.53. The van der Waals surface area contributed by atoms with E-state index >= 15 is 0 Å². The van der Waals surface area contributed by atoms with E-state index < -0.39 is 0 Å². The second kappa shape index (κ2) is 5.34. The van der Waals surface area contributed by atoms with Crippen LogP contribution in [0.25, 0.3) is 0 Å². The van der Waals surface area contributed by atoms with Gasteiger partial charge in [0.1, 0.15) is 5.84 Å². The number of rotatable bonds is 2. The number of nitrogens with two attached hydrogens (primary N) is 1. The second-order valence-electron chi connectivity index (χ2n) is 2.65. The number of nitrogens with zero attached hydrogens (tertiary/aromatic N) is 2. The number of aliphatic imine (C=N–C) groups is 1. The number of carbonyl (C=O) groups excluding carboxylic acids is 1. The zero-order chi connectivity index (χ0) is 9.72. The van der Waals surface area contributed by atoms with Gasteiger partial charge in [0.25, 0.3) is 0 Å². The van der Waals surface area contributed by atoms with Gasteiger partial charge in [-0.05, 0) is 13.8 Å². The molecule has 0 radical (unpaired) electrons. The maximum Gasteiger partial charge on any atom is 0.345 e. The zero-order valence-electron chi connectivity index (χ0n) is 7.54. The van der Waals surface area contributed by atoms with Crippen LogP contribution in [0.2, 0.25) is 0 Å². The summed E-state index contributed by atoms with van der Waals surface area (Å²) in [5.74, 6) is 0.299. The number of carbonyl (C=O) groups is 1. The van der Waals surface area contributed by atoms with Crippen LogP contribution < -0.4 is 5.73 Å². The Bertz CT molecular complexity index is 189. The SMILES string of the molecule is C/C(N)=N\C(=O)N(C)[C@H](C)CI. The average Bonchev–Trinajstić information content (AvgIpc) is 2.00. The molecule has 5 heteroatoms. The van der Waals surface area contributed by atoms with Crippen molar-refractivity contribution in [1.29, 1.82) is 0 Å². The highest BCUT2D eigenvalue weighted by Crippen LogP contribution is 2.01. The van der Waals surface area contributed by atoms with Gasteiger partial charge in [-0.2, -0.15) is 4.99 Å². The number of halogens is 1. The number of amidine groups is 1. The van der Waals surface area contributed by atoms with Crippen LogP contribution in [0, 0.1) is 0 Å². The molecule has 0 heterocycles. The van der Waals surface area contributed by atoms with Gasteiger partial charge in [-0.25, -0.2) is 4.79 Å². The Labute approximate surface area is 86.3 Å². The summed E-state index contributed by atoms with van der Waals surface area (Å²) >= 11 is 2.22. The molecular weight excluding hydrogens is 269 g/mol. The smallest absolute Gasteiger partial charge is 0.345 e. The van der Waals surface area contributed by atoms with Gasteiger partial charge in [-0.1, -0.05) is 22.6 Å². The van der Waals surface area contributed by atoms with Crippen molar-refractivity contribution in [3.63, 3.8) is 0 Å². The van der Waals surface area contributed by atoms with Gasteiger partial charge < -0.3 is 10.6 Å². The third-order valence-corrected chi connectivity index (χ3v) is 2.73. The zero-order valence-corrected chi connectivity index (χ0v) is 9.70.